The first kappa shape index (κ1) is 18.5. The molecule has 2 aromatic carbocycles. The maximum Gasteiger partial charge on any atom is 0.148 e. The quantitative estimate of drug-likeness (QED) is 0.477. The molecule has 3 rings (SSSR count). The minimum atomic E-state index is -0.349. The van der Waals surface area contributed by atoms with Gasteiger partial charge in [0.2, 0.25) is 0 Å². The summed E-state index contributed by atoms with van der Waals surface area (Å²) >= 11 is 4.27. The molecule has 136 valence electrons. The Kier molecular flexibility index (Phi) is 6.30. The molecule has 0 saturated carbocycles. The van der Waals surface area contributed by atoms with Crippen molar-refractivity contribution in [1.29, 1.82) is 0 Å². The van der Waals surface area contributed by atoms with E-state index in [9.17, 15) is 4.39 Å². The number of likely N-dealkylation sites (N-methyl/N-ethyl adjacent to an activating group) is 1. The lowest BCUT2D eigenvalue weighted by Crippen LogP contribution is -2.44. The molecule has 0 aromatic heterocycles. The van der Waals surface area contributed by atoms with E-state index in [1.165, 1.54) is 18.1 Å². The van der Waals surface area contributed by atoms with Crippen molar-refractivity contribution in [3.8, 4) is 0 Å². The maximum atomic E-state index is 13.6. The molecule has 0 bridgehead atoms. The highest BCUT2D eigenvalue weighted by atomic mass is 32.1. The highest BCUT2D eigenvalue weighted by Crippen LogP contribution is 2.21. The number of nitrogens with zero attached hydrogens (tertiary/aromatic N) is 3. The fourth-order valence-corrected chi connectivity index (χ4v) is 3.06. The van der Waals surface area contributed by atoms with Crippen molar-refractivity contribution < 1.29 is 4.39 Å². The minimum Gasteiger partial charge on any atom is -0.369 e. The van der Waals surface area contributed by atoms with Gasteiger partial charge in [-0.25, -0.2) is 9.38 Å². The van der Waals surface area contributed by atoms with Gasteiger partial charge in [-0.15, -0.1) is 12.6 Å². The summed E-state index contributed by atoms with van der Waals surface area (Å²) in [5.74, 6) is -0.349. The SMILES string of the molecule is CN1CCN(c2ccc(/C(=C/S)NC=Nc3ccccc3F)cc2)CC1. The smallest absolute Gasteiger partial charge is 0.148 e. The first-order chi connectivity index (χ1) is 12.7. The average molecular weight is 370 g/mol. The van der Waals surface area contributed by atoms with Crippen LogP contribution in [0.15, 0.2) is 58.9 Å². The number of anilines is 1. The predicted molar refractivity (Wildman–Crippen MR) is 111 cm³/mol. The third-order valence-electron chi connectivity index (χ3n) is 4.45. The lowest BCUT2D eigenvalue weighted by Gasteiger charge is -2.34. The number of hydrogen-bond donors (Lipinski definition) is 2. The molecule has 1 N–H and O–H groups in total. The van der Waals surface area contributed by atoms with Crippen molar-refractivity contribution in [3.63, 3.8) is 0 Å². The minimum absolute atomic E-state index is 0.295. The van der Waals surface area contributed by atoms with Crippen LogP contribution in [0.25, 0.3) is 5.70 Å². The zero-order valence-corrected chi connectivity index (χ0v) is 15.7. The lowest BCUT2D eigenvalue weighted by molar-refractivity contribution is 0.313. The van der Waals surface area contributed by atoms with Gasteiger partial charge in [0.05, 0.1) is 12.0 Å². The van der Waals surface area contributed by atoms with Crippen LogP contribution in [0, 0.1) is 5.82 Å². The van der Waals surface area contributed by atoms with Crippen LogP contribution in [0.4, 0.5) is 15.8 Å². The van der Waals surface area contributed by atoms with E-state index in [2.05, 4.69) is 64.1 Å². The fourth-order valence-electron chi connectivity index (χ4n) is 2.84. The molecule has 1 fully saturated rings. The Morgan fingerprint density at radius 3 is 2.42 bits per heavy atom. The van der Waals surface area contributed by atoms with Gasteiger partial charge in [-0.2, -0.15) is 0 Å². The van der Waals surface area contributed by atoms with E-state index in [-0.39, 0.29) is 5.82 Å². The number of benzene rings is 2. The Morgan fingerprint density at radius 2 is 1.77 bits per heavy atom. The number of piperazine rings is 1. The maximum absolute atomic E-state index is 13.6. The monoisotopic (exact) mass is 370 g/mol. The Morgan fingerprint density at radius 1 is 1.08 bits per heavy atom. The summed E-state index contributed by atoms with van der Waals surface area (Å²) in [5, 5.41) is 4.75. The Balaban J connectivity index is 1.64. The summed E-state index contributed by atoms with van der Waals surface area (Å²) in [6, 6.07) is 14.8. The third-order valence-corrected chi connectivity index (χ3v) is 4.71. The molecule has 0 aliphatic carbocycles. The predicted octanol–water partition coefficient (Wildman–Crippen LogP) is 3.76. The Hall–Kier alpha value is -2.31. The van der Waals surface area contributed by atoms with Gasteiger partial charge in [0.1, 0.15) is 11.5 Å². The van der Waals surface area contributed by atoms with Crippen LogP contribution in [0.3, 0.4) is 0 Å². The molecule has 2 aromatic rings. The first-order valence-corrected chi connectivity index (χ1v) is 9.11. The molecule has 1 saturated heterocycles. The van der Waals surface area contributed by atoms with Crippen molar-refractivity contribution in [2.24, 2.45) is 4.99 Å². The molecule has 6 heteroatoms. The molecule has 26 heavy (non-hydrogen) atoms. The number of rotatable bonds is 5. The van der Waals surface area contributed by atoms with Crippen LogP contribution < -0.4 is 10.2 Å². The highest BCUT2D eigenvalue weighted by Gasteiger charge is 2.14. The normalized spacial score (nSPS) is 16.3. The van der Waals surface area contributed by atoms with Crippen molar-refractivity contribution in [1.82, 2.24) is 10.2 Å². The summed E-state index contributed by atoms with van der Waals surface area (Å²) in [5.41, 5.74) is 3.32. The second-order valence-electron chi connectivity index (χ2n) is 6.23. The standard InChI is InChI=1S/C20H23FN4S/c1-24-10-12-25(13-11-24)17-8-6-16(7-9-17)20(14-26)23-15-22-19-5-3-2-4-18(19)21/h2-9,14-15,26H,10-13H2,1H3,(H,22,23)/b20-14-. The Labute approximate surface area is 159 Å². The van der Waals surface area contributed by atoms with Gasteiger partial charge in [-0.3, -0.25) is 0 Å². The third kappa shape index (κ3) is 4.65. The summed E-state index contributed by atoms with van der Waals surface area (Å²) in [4.78, 5) is 8.85. The summed E-state index contributed by atoms with van der Waals surface area (Å²) in [6.45, 7) is 4.24. The van der Waals surface area contributed by atoms with Crippen molar-refractivity contribution >= 4 is 36.0 Å². The number of hydrogen-bond acceptors (Lipinski definition) is 4. The molecular formula is C20H23FN4S. The van der Waals surface area contributed by atoms with E-state index >= 15 is 0 Å². The molecular weight excluding hydrogens is 347 g/mol. The number of thiol groups is 1. The summed E-state index contributed by atoms with van der Waals surface area (Å²) in [6.07, 6.45) is 1.48. The van der Waals surface area contributed by atoms with E-state index in [1.54, 1.807) is 23.6 Å². The molecule has 1 aliphatic rings. The fraction of sp³-hybridized carbons (Fsp3) is 0.250. The lowest BCUT2D eigenvalue weighted by atomic mass is 10.1. The van der Waals surface area contributed by atoms with Crippen LogP contribution in [-0.2, 0) is 0 Å². The molecule has 0 spiro atoms. The number of aliphatic imine (C=N–C) groups is 1. The molecule has 0 radical (unpaired) electrons. The van der Waals surface area contributed by atoms with Gasteiger partial charge in [-0.1, -0.05) is 24.3 Å². The topological polar surface area (TPSA) is 30.9 Å². The van der Waals surface area contributed by atoms with E-state index in [0.29, 0.717) is 5.69 Å². The van der Waals surface area contributed by atoms with Gasteiger partial charge < -0.3 is 15.1 Å². The zero-order chi connectivity index (χ0) is 18.4. The summed E-state index contributed by atoms with van der Waals surface area (Å²) in [7, 11) is 2.15. The van der Waals surface area contributed by atoms with E-state index in [0.717, 1.165) is 37.4 Å². The van der Waals surface area contributed by atoms with E-state index in [1.807, 2.05) is 0 Å². The summed E-state index contributed by atoms with van der Waals surface area (Å²) < 4.78 is 13.6. The van der Waals surface area contributed by atoms with Gasteiger partial charge in [0, 0.05) is 31.9 Å². The molecule has 0 amide bonds. The number of nitrogens with one attached hydrogen (secondary N) is 1. The largest absolute Gasteiger partial charge is 0.369 e. The molecule has 1 heterocycles. The molecule has 4 nitrogen and oxygen atoms in total. The zero-order valence-electron chi connectivity index (χ0n) is 14.8. The van der Waals surface area contributed by atoms with Crippen LogP contribution in [0.1, 0.15) is 5.56 Å². The van der Waals surface area contributed by atoms with Crippen molar-refractivity contribution in [2.45, 2.75) is 0 Å². The second kappa shape index (κ2) is 8.87. The number of para-hydroxylation sites is 1. The van der Waals surface area contributed by atoms with Crippen molar-refractivity contribution in [2.75, 3.05) is 38.1 Å². The second-order valence-corrected chi connectivity index (χ2v) is 6.49. The molecule has 0 atom stereocenters. The van der Waals surface area contributed by atoms with Crippen LogP contribution in [0.2, 0.25) is 0 Å². The van der Waals surface area contributed by atoms with Gasteiger partial charge in [0.25, 0.3) is 0 Å². The van der Waals surface area contributed by atoms with Gasteiger partial charge >= 0.3 is 0 Å². The average Bonchev–Trinajstić information content (AvgIpc) is 2.67. The molecule has 1 aliphatic heterocycles. The number of halogens is 1. The first-order valence-electron chi connectivity index (χ1n) is 8.59. The van der Waals surface area contributed by atoms with Crippen LogP contribution in [0.5, 0.6) is 0 Å². The van der Waals surface area contributed by atoms with Crippen molar-refractivity contribution in [3.05, 3.63) is 65.3 Å². The van der Waals surface area contributed by atoms with Gasteiger partial charge in [-0.05, 0) is 42.3 Å². The van der Waals surface area contributed by atoms with Crippen LogP contribution >= 0.6 is 12.6 Å². The van der Waals surface area contributed by atoms with Crippen LogP contribution in [-0.4, -0.2) is 44.5 Å². The van der Waals surface area contributed by atoms with E-state index in [4.69, 9.17) is 0 Å². The highest BCUT2D eigenvalue weighted by molar-refractivity contribution is 7.83. The van der Waals surface area contributed by atoms with E-state index < -0.39 is 0 Å². The Bertz CT molecular complexity index is 781. The van der Waals surface area contributed by atoms with Gasteiger partial charge in [0.15, 0.2) is 0 Å². The molecule has 0 unspecified atom stereocenters.